The third-order valence-electron chi connectivity index (χ3n) is 4.20. The van der Waals surface area contributed by atoms with Crippen LogP contribution in [0.25, 0.3) is 0 Å². The van der Waals surface area contributed by atoms with Crippen molar-refractivity contribution in [2.45, 2.75) is 44.9 Å². The third-order valence-corrected chi connectivity index (χ3v) is 4.20. The number of aryl methyl sites for hydroxylation is 1. The number of nitrogens with one attached hydrogen (secondary N) is 1. The molecule has 0 aliphatic carbocycles. The van der Waals surface area contributed by atoms with E-state index < -0.39 is 5.97 Å². The first-order chi connectivity index (χ1) is 11.1. The first-order valence-corrected chi connectivity index (χ1v) is 8.32. The van der Waals surface area contributed by atoms with Gasteiger partial charge in [-0.1, -0.05) is 12.1 Å². The first kappa shape index (κ1) is 17.5. The number of hydrogen-bond donors (Lipinski definition) is 2. The molecule has 2 N–H and O–H groups in total. The summed E-state index contributed by atoms with van der Waals surface area (Å²) >= 11 is 0. The Morgan fingerprint density at radius 2 is 2.00 bits per heavy atom. The van der Waals surface area contributed by atoms with E-state index >= 15 is 0 Å². The number of carbonyl (C=O) groups excluding carboxylic acids is 1. The van der Waals surface area contributed by atoms with Crippen molar-refractivity contribution in [3.05, 3.63) is 29.8 Å². The molecular weight excluding hydrogens is 294 g/mol. The number of amides is 1. The Morgan fingerprint density at radius 1 is 1.22 bits per heavy atom. The van der Waals surface area contributed by atoms with Gasteiger partial charge in [0, 0.05) is 31.7 Å². The predicted octanol–water partition coefficient (Wildman–Crippen LogP) is 3.24. The van der Waals surface area contributed by atoms with Gasteiger partial charge in [0.25, 0.3) is 0 Å². The highest BCUT2D eigenvalue weighted by Crippen LogP contribution is 2.21. The fraction of sp³-hybridized carbons (Fsp3) is 0.556. The van der Waals surface area contributed by atoms with Crippen LogP contribution in [0.5, 0.6) is 0 Å². The normalized spacial score (nSPS) is 15.3. The van der Waals surface area contributed by atoms with Gasteiger partial charge in [-0.05, 0) is 55.7 Å². The second kappa shape index (κ2) is 9.30. The minimum atomic E-state index is -0.812. The summed E-state index contributed by atoms with van der Waals surface area (Å²) in [6.45, 7) is 1.69. The van der Waals surface area contributed by atoms with Crippen LogP contribution in [0.2, 0.25) is 0 Å². The van der Waals surface area contributed by atoms with Gasteiger partial charge < -0.3 is 15.2 Å². The zero-order valence-electron chi connectivity index (χ0n) is 13.4. The quantitative estimate of drug-likeness (QED) is 0.771. The summed E-state index contributed by atoms with van der Waals surface area (Å²) in [6.07, 6.45) is 5.28. The van der Waals surface area contributed by atoms with Crippen LogP contribution in [0, 0.1) is 5.92 Å². The summed E-state index contributed by atoms with van der Waals surface area (Å²) in [4.78, 5) is 22.6. The van der Waals surface area contributed by atoms with Crippen LogP contribution < -0.4 is 5.32 Å². The largest absolute Gasteiger partial charge is 0.481 e. The summed E-state index contributed by atoms with van der Waals surface area (Å²) in [5.41, 5.74) is 1.66. The highest BCUT2D eigenvalue weighted by atomic mass is 16.5. The van der Waals surface area contributed by atoms with E-state index in [9.17, 15) is 9.59 Å². The molecule has 2 rings (SSSR count). The zero-order chi connectivity index (χ0) is 16.5. The Morgan fingerprint density at radius 3 is 2.74 bits per heavy atom. The van der Waals surface area contributed by atoms with Crippen molar-refractivity contribution < 1.29 is 19.4 Å². The molecular formula is C18H25NO4. The van der Waals surface area contributed by atoms with Gasteiger partial charge in [-0.3, -0.25) is 9.59 Å². The average molecular weight is 319 g/mol. The molecule has 1 fully saturated rings. The molecule has 0 atom stereocenters. The molecule has 1 heterocycles. The molecule has 1 aliphatic heterocycles. The second-order valence-corrected chi connectivity index (χ2v) is 6.09. The molecule has 0 saturated carbocycles. The maximum absolute atomic E-state index is 12.0. The Hall–Kier alpha value is -1.88. The monoisotopic (exact) mass is 319 g/mol. The van der Waals surface area contributed by atoms with E-state index in [1.54, 1.807) is 0 Å². The van der Waals surface area contributed by atoms with Crippen LogP contribution in [0.4, 0.5) is 5.69 Å². The molecule has 1 amide bonds. The Balaban J connectivity index is 1.71. The topological polar surface area (TPSA) is 75.6 Å². The van der Waals surface area contributed by atoms with Crippen LogP contribution >= 0.6 is 0 Å². The molecule has 1 aliphatic rings. The van der Waals surface area contributed by atoms with Crippen molar-refractivity contribution in [3.63, 3.8) is 0 Å². The van der Waals surface area contributed by atoms with E-state index in [1.807, 2.05) is 24.3 Å². The number of aliphatic carboxylic acids is 1. The highest BCUT2D eigenvalue weighted by Gasteiger charge is 2.14. The van der Waals surface area contributed by atoms with E-state index in [0.717, 1.165) is 50.1 Å². The molecule has 23 heavy (non-hydrogen) atoms. The number of rotatable bonds is 8. The van der Waals surface area contributed by atoms with Crippen LogP contribution in [0.3, 0.4) is 0 Å². The fourth-order valence-corrected chi connectivity index (χ4v) is 2.87. The van der Waals surface area contributed by atoms with E-state index in [0.29, 0.717) is 18.8 Å². The Bertz CT molecular complexity index is 524. The van der Waals surface area contributed by atoms with Crippen LogP contribution in [-0.4, -0.2) is 30.2 Å². The molecule has 126 valence electrons. The predicted molar refractivity (Wildman–Crippen MR) is 88.4 cm³/mol. The van der Waals surface area contributed by atoms with Crippen LogP contribution in [0.15, 0.2) is 24.3 Å². The lowest BCUT2D eigenvalue weighted by atomic mass is 9.94. The van der Waals surface area contributed by atoms with E-state index in [1.165, 1.54) is 0 Å². The number of ether oxygens (including phenoxy) is 1. The first-order valence-electron chi connectivity index (χ1n) is 8.32. The SMILES string of the molecule is O=C(O)CCc1cccc(NC(=O)CCCC2CCOCC2)c1. The van der Waals surface area contributed by atoms with Gasteiger partial charge in [-0.15, -0.1) is 0 Å². The smallest absolute Gasteiger partial charge is 0.303 e. The van der Waals surface area contributed by atoms with E-state index in [2.05, 4.69) is 5.32 Å². The van der Waals surface area contributed by atoms with Crippen molar-refractivity contribution in [2.75, 3.05) is 18.5 Å². The van der Waals surface area contributed by atoms with E-state index in [-0.39, 0.29) is 12.3 Å². The molecule has 5 heteroatoms. The second-order valence-electron chi connectivity index (χ2n) is 6.09. The molecule has 5 nitrogen and oxygen atoms in total. The van der Waals surface area contributed by atoms with Gasteiger partial charge in [-0.25, -0.2) is 0 Å². The van der Waals surface area contributed by atoms with Crippen LogP contribution in [0.1, 0.15) is 44.1 Å². The maximum Gasteiger partial charge on any atom is 0.303 e. The van der Waals surface area contributed by atoms with Crippen molar-refractivity contribution in [2.24, 2.45) is 5.92 Å². The standard InChI is InChI=1S/C18H25NO4/c20-17(6-2-3-14-9-11-23-12-10-14)19-16-5-1-4-15(13-16)7-8-18(21)22/h1,4-5,13-14H,2-3,6-12H2,(H,19,20)(H,21,22). The molecule has 0 bridgehead atoms. The number of carbonyl (C=O) groups is 2. The number of carboxylic acid groups (broad SMARTS) is 1. The minimum Gasteiger partial charge on any atom is -0.481 e. The lowest BCUT2D eigenvalue weighted by Gasteiger charge is -2.21. The Kier molecular flexibility index (Phi) is 7.07. The number of hydrogen-bond acceptors (Lipinski definition) is 3. The lowest BCUT2D eigenvalue weighted by molar-refractivity contribution is -0.137. The molecule has 0 spiro atoms. The average Bonchev–Trinajstić information content (AvgIpc) is 2.54. The number of carboxylic acids is 1. The van der Waals surface area contributed by atoms with Gasteiger partial charge in [0.2, 0.25) is 5.91 Å². The minimum absolute atomic E-state index is 0.0208. The maximum atomic E-state index is 12.0. The summed E-state index contributed by atoms with van der Waals surface area (Å²) in [7, 11) is 0. The molecule has 0 unspecified atom stereocenters. The van der Waals surface area contributed by atoms with Crippen molar-refractivity contribution >= 4 is 17.6 Å². The lowest BCUT2D eigenvalue weighted by Crippen LogP contribution is -2.17. The molecule has 1 aromatic rings. The van der Waals surface area contributed by atoms with Gasteiger partial charge in [0.15, 0.2) is 0 Å². The van der Waals surface area contributed by atoms with Gasteiger partial charge in [0.1, 0.15) is 0 Å². The van der Waals surface area contributed by atoms with Gasteiger partial charge in [-0.2, -0.15) is 0 Å². The van der Waals surface area contributed by atoms with Crippen molar-refractivity contribution in [1.29, 1.82) is 0 Å². The fourth-order valence-electron chi connectivity index (χ4n) is 2.87. The summed E-state index contributed by atoms with van der Waals surface area (Å²) < 4.78 is 5.34. The third kappa shape index (κ3) is 6.82. The highest BCUT2D eigenvalue weighted by molar-refractivity contribution is 5.90. The summed E-state index contributed by atoms with van der Waals surface area (Å²) in [5.74, 6) is -0.101. The number of anilines is 1. The van der Waals surface area contributed by atoms with Gasteiger partial charge in [0.05, 0.1) is 0 Å². The van der Waals surface area contributed by atoms with E-state index in [4.69, 9.17) is 9.84 Å². The molecule has 1 aromatic carbocycles. The van der Waals surface area contributed by atoms with Crippen molar-refractivity contribution in [3.8, 4) is 0 Å². The van der Waals surface area contributed by atoms with Crippen LogP contribution in [-0.2, 0) is 20.7 Å². The molecule has 0 radical (unpaired) electrons. The summed E-state index contributed by atoms with van der Waals surface area (Å²) in [6, 6.07) is 7.40. The zero-order valence-corrected chi connectivity index (χ0v) is 13.4. The number of benzene rings is 1. The Labute approximate surface area is 137 Å². The van der Waals surface area contributed by atoms with Gasteiger partial charge >= 0.3 is 5.97 Å². The van der Waals surface area contributed by atoms with Crippen molar-refractivity contribution in [1.82, 2.24) is 0 Å². The summed E-state index contributed by atoms with van der Waals surface area (Å²) in [5, 5.41) is 11.6. The molecule has 1 saturated heterocycles. The molecule has 0 aromatic heterocycles.